The van der Waals surface area contributed by atoms with Crippen LogP contribution in [0.15, 0.2) is 35.3 Å². The summed E-state index contributed by atoms with van der Waals surface area (Å²) in [6.45, 7) is 5.63. The number of rotatable bonds is 9. The number of halogens is 1. The Morgan fingerprint density at radius 2 is 1.93 bits per heavy atom. The van der Waals surface area contributed by atoms with Crippen molar-refractivity contribution in [1.82, 2.24) is 19.8 Å². The molecular weight excluding hydrogens is 489 g/mol. The SMILES string of the molecule is CN=C(NCCC(C)N(C)Cc1ccccc1)NCCN1CCCS1(=O)=O.I. The Morgan fingerprint density at radius 3 is 2.54 bits per heavy atom. The minimum atomic E-state index is -3.03. The van der Waals surface area contributed by atoms with Crippen LogP contribution in [-0.4, -0.2) is 75.7 Å². The van der Waals surface area contributed by atoms with Gasteiger partial charge in [-0.05, 0) is 32.4 Å². The molecule has 0 bridgehead atoms. The lowest BCUT2D eigenvalue weighted by Crippen LogP contribution is -2.43. The fourth-order valence-electron chi connectivity index (χ4n) is 3.11. The molecule has 0 aromatic heterocycles. The largest absolute Gasteiger partial charge is 0.356 e. The minimum Gasteiger partial charge on any atom is -0.356 e. The monoisotopic (exact) mass is 523 g/mol. The summed E-state index contributed by atoms with van der Waals surface area (Å²) in [5, 5.41) is 6.51. The van der Waals surface area contributed by atoms with Crippen molar-refractivity contribution >= 4 is 40.0 Å². The normalized spacial score (nSPS) is 17.9. The molecule has 160 valence electrons. The standard InChI is InChI=1S/C19H33N5O2S.HI/c1-17(23(3)16-18-8-5-4-6-9-18)10-11-21-19(20-2)22-12-14-24-13-7-15-27(24,25)26;/h4-6,8-9,17H,7,10-16H2,1-3H3,(H2,20,21,22);1H. The summed E-state index contributed by atoms with van der Waals surface area (Å²) in [7, 11) is 0.841. The van der Waals surface area contributed by atoms with E-state index in [1.165, 1.54) is 5.56 Å². The zero-order chi connectivity index (χ0) is 19.7. The highest BCUT2D eigenvalue weighted by Crippen LogP contribution is 2.11. The fourth-order valence-corrected chi connectivity index (χ4v) is 4.64. The molecule has 0 spiro atoms. The van der Waals surface area contributed by atoms with Crippen molar-refractivity contribution < 1.29 is 8.42 Å². The highest BCUT2D eigenvalue weighted by molar-refractivity contribution is 14.0. The van der Waals surface area contributed by atoms with Crippen LogP contribution in [0.3, 0.4) is 0 Å². The number of benzene rings is 1. The predicted octanol–water partition coefficient (Wildman–Crippen LogP) is 1.72. The van der Waals surface area contributed by atoms with Crippen LogP contribution in [0, 0.1) is 0 Å². The molecule has 2 rings (SSSR count). The van der Waals surface area contributed by atoms with Crippen LogP contribution in [0.25, 0.3) is 0 Å². The first kappa shape index (κ1) is 25.1. The van der Waals surface area contributed by atoms with E-state index in [1.807, 2.05) is 6.07 Å². The average Bonchev–Trinajstić information content (AvgIpc) is 2.99. The van der Waals surface area contributed by atoms with Crippen LogP contribution in [0.5, 0.6) is 0 Å². The lowest BCUT2D eigenvalue weighted by Gasteiger charge is -2.25. The summed E-state index contributed by atoms with van der Waals surface area (Å²) in [5.74, 6) is 0.985. The van der Waals surface area contributed by atoms with Crippen LogP contribution >= 0.6 is 24.0 Å². The molecule has 0 aliphatic carbocycles. The molecule has 1 saturated heterocycles. The van der Waals surface area contributed by atoms with Gasteiger partial charge in [0.25, 0.3) is 0 Å². The second kappa shape index (κ2) is 12.6. The maximum atomic E-state index is 11.8. The van der Waals surface area contributed by atoms with E-state index in [2.05, 4.69) is 58.8 Å². The average molecular weight is 523 g/mol. The number of hydrogen-bond acceptors (Lipinski definition) is 4. The van der Waals surface area contributed by atoms with E-state index in [0.29, 0.717) is 31.6 Å². The van der Waals surface area contributed by atoms with Gasteiger partial charge in [-0.15, -0.1) is 24.0 Å². The Hall–Kier alpha value is -0.910. The summed E-state index contributed by atoms with van der Waals surface area (Å²) in [6.07, 6.45) is 1.72. The van der Waals surface area contributed by atoms with Gasteiger partial charge in [0.2, 0.25) is 10.0 Å². The van der Waals surface area contributed by atoms with Gasteiger partial charge < -0.3 is 10.6 Å². The number of sulfonamides is 1. The van der Waals surface area contributed by atoms with E-state index in [9.17, 15) is 8.42 Å². The molecule has 0 radical (unpaired) electrons. The van der Waals surface area contributed by atoms with Gasteiger partial charge in [0.1, 0.15) is 0 Å². The Labute approximate surface area is 187 Å². The van der Waals surface area contributed by atoms with E-state index in [4.69, 9.17) is 0 Å². The molecule has 1 atom stereocenters. The van der Waals surface area contributed by atoms with Gasteiger partial charge >= 0.3 is 0 Å². The van der Waals surface area contributed by atoms with Crippen molar-refractivity contribution in [1.29, 1.82) is 0 Å². The third-order valence-corrected chi connectivity index (χ3v) is 6.92. The maximum absolute atomic E-state index is 11.8. The summed E-state index contributed by atoms with van der Waals surface area (Å²) in [6, 6.07) is 10.9. The van der Waals surface area contributed by atoms with E-state index in [1.54, 1.807) is 11.4 Å². The van der Waals surface area contributed by atoms with Gasteiger partial charge in [-0.3, -0.25) is 9.89 Å². The third kappa shape index (κ3) is 8.22. The number of hydrogen-bond donors (Lipinski definition) is 2. The van der Waals surface area contributed by atoms with Gasteiger partial charge in [-0.1, -0.05) is 30.3 Å². The molecule has 0 amide bonds. The lowest BCUT2D eigenvalue weighted by molar-refractivity contribution is 0.238. The van der Waals surface area contributed by atoms with E-state index in [0.717, 1.165) is 25.9 Å². The molecule has 1 fully saturated rings. The molecular formula is C19H34IN5O2S. The zero-order valence-corrected chi connectivity index (χ0v) is 20.2. The van der Waals surface area contributed by atoms with E-state index < -0.39 is 10.0 Å². The Kier molecular flexibility index (Phi) is 11.3. The van der Waals surface area contributed by atoms with Crippen molar-refractivity contribution in [3.05, 3.63) is 35.9 Å². The fraction of sp³-hybridized carbons (Fsp3) is 0.632. The molecule has 0 saturated carbocycles. The number of nitrogens with one attached hydrogen (secondary N) is 2. The first-order valence-corrected chi connectivity index (χ1v) is 11.2. The van der Waals surface area contributed by atoms with Crippen LogP contribution in [-0.2, 0) is 16.6 Å². The molecule has 7 nitrogen and oxygen atoms in total. The number of aliphatic imine (C=N–C) groups is 1. The summed E-state index contributed by atoms with van der Waals surface area (Å²) in [4.78, 5) is 6.55. The zero-order valence-electron chi connectivity index (χ0n) is 17.1. The molecule has 1 aliphatic rings. The molecule has 1 aliphatic heterocycles. The molecule has 1 heterocycles. The molecule has 2 N–H and O–H groups in total. The Morgan fingerprint density at radius 1 is 1.25 bits per heavy atom. The van der Waals surface area contributed by atoms with Crippen molar-refractivity contribution in [3.63, 3.8) is 0 Å². The van der Waals surface area contributed by atoms with Crippen molar-refractivity contribution in [2.24, 2.45) is 4.99 Å². The van der Waals surface area contributed by atoms with Crippen LogP contribution in [0.1, 0.15) is 25.3 Å². The number of guanidine groups is 1. The van der Waals surface area contributed by atoms with Gasteiger partial charge in [-0.2, -0.15) is 0 Å². The Balaban J connectivity index is 0.00000392. The third-order valence-electron chi connectivity index (χ3n) is 4.96. The summed E-state index contributed by atoms with van der Waals surface area (Å²) in [5.41, 5.74) is 1.31. The minimum absolute atomic E-state index is 0. The van der Waals surface area contributed by atoms with Gasteiger partial charge in [0, 0.05) is 45.8 Å². The van der Waals surface area contributed by atoms with Crippen molar-refractivity contribution in [2.45, 2.75) is 32.4 Å². The summed E-state index contributed by atoms with van der Waals surface area (Å²) >= 11 is 0. The van der Waals surface area contributed by atoms with E-state index in [-0.39, 0.29) is 29.7 Å². The summed E-state index contributed by atoms with van der Waals surface area (Å²) < 4.78 is 25.1. The molecule has 1 aromatic rings. The highest BCUT2D eigenvalue weighted by Gasteiger charge is 2.27. The first-order chi connectivity index (χ1) is 12.9. The van der Waals surface area contributed by atoms with Crippen LogP contribution < -0.4 is 10.6 Å². The van der Waals surface area contributed by atoms with Crippen molar-refractivity contribution in [2.75, 3.05) is 46.0 Å². The molecule has 9 heteroatoms. The van der Waals surface area contributed by atoms with Gasteiger partial charge in [0.05, 0.1) is 5.75 Å². The molecule has 1 unspecified atom stereocenters. The first-order valence-electron chi connectivity index (χ1n) is 9.59. The topological polar surface area (TPSA) is 77.0 Å². The second-order valence-electron chi connectivity index (χ2n) is 7.03. The smallest absolute Gasteiger partial charge is 0.214 e. The van der Waals surface area contributed by atoms with Crippen molar-refractivity contribution in [3.8, 4) is 0 Å². The maximum Gasteiger partial charge on any atom is 0.214 e. The predicted molar refractivity (Wildman–Crippen MR) is 127 cm³/mol. The van der Waals surface area contributed by atoms with Gasteiger partial charge in [0.15, 0.2) is 5.96 Å². The highest BCUT2D eigenvalue weighted by atomic mass is 127. The Bertz CT molecular complexity index is 700. The number of nitrogens with zero attached hydrogens (tertiary/aromatic N) is 3. The quantitative estimate of drug-likeness (QED) is 0.293. The van der Waals surface area contributed by atoms with Crippen LogP contribution in [0.4, 0.5) is 0 Å². The lowest BCUT2D eigenvalue weighted by atomic mass is 10.1. The molecule has 1 aromatic carbocycles. The van der Waals surface area contributed by atoms with Gasteiger partial charge in [-0.25, -0.2) is 12.7 Å². The molecule has 28 heavy (non-hydrogen) atoms. The second-order valence-corrected chi connectivity index (χ2v) is 9.12. The van der Waals surface area contributed by atoms with Crippen LogP contribution in [0.2, 0.25) is 0 Å². The van der Waals surface area contributed by atoms with E-state index >= 15 is 0 Å².